The van der Waals surface area contributed by atoms with Crippen molar-refractivity contribution in [1.29, 1.82) is 0 Å². The van der Waals surface area contributed by atoms with Gasteiger partial charge in [0.1, 0.15) is 0 Å². The van der Waals surface area contributed by atoms with Crippen molar-refractivity contribution in [3.05, 3.63) is 146 Å². The topological polar surface area (TPSA) is 145 Å². The van der Waals surface area contributed by atoms with E-state index in [1.165, 1.54) is 4.68 Å². The third-order valence-electron chi connectivity index (χ3n) is 6.22. The van der Waals surface area contributed by atoms with E-state index in [-0.39, 0.29) is 0 Å². The fourth-order valence-corrected chi connectivity index (χ4v) is 4.37. The van der Waals surface area contributed by atoms with Crippen LogP contribution in [0.15, 0.2) is 115 Å². The summed E-state index contributed by atoms with van der Waals surface area (Å²) in [6.07, 6.45) is 0. The molecule has 0 aliphatic heterocycles. The van der Waals surface area contributed by atoms with Crippen LogP contribution in [0.2, 0.25) is 0 Å². The van der Waals surface area contributed by atoms with E-state index < -0.39 is 37.5 Å². The number of hydrogen-bond donors (Lipinski definition) is 1. The van der Waals surface area contributed by atoms with E-state index in [9.17, 15) is 30.3 Å². The maximum Gasteiger partial charge on any atom is 0.312 e. The lowest BCUT2D eigenvalue weighted by molar-refractivity contribution is -0.620. The number of nitrogens with zero attached hydrogens (tertiary/aromatic N) is 4. The van der Waals surface area contributed by atoms with Gasteiger partial charge in [-0.15, -0.1) is 5.43 Å². The first-order valence-corrected chi connectivity index (χ1v) is 12.0. The second-order valence-electron chi connectivity index (χ2n) is 8.69. The van der Waals surface area contributed by atoms with Gasteiger partial charge in [-0.1, -0.05) is 71.4 Å². The zero-order valence-corrected chi connectivity index (χ0v) is 20.7. The number of anilines is 1. The number of nitrogens with one attached hydrogen (secondary N) is 1. The van der Waals surface area contributed by atoms with Crippen molar-refractivity contribution in [1.82, 2.24) is 0 Å². The van der Waals surface area contributed by atoms with E-state index in [1.54, 1.807) is 0 Å². The second-order valence-corrected chi connectivity index (χ2v) is 8.69. The second kappa shape index (κ2) is 10.8. The zero-order valence-electron chi connectivity index (χ0n) is 20.7. The Hall–Kier alpha value is -5.97. The summed E-state index contributed by atoms with van der Waals surface area (Å²) in [6, 6.07) is 33.1. The van der Waals surface area contributed by atoms with Crippen LogP contribution >= 0.6 is 0 Å². The molecule has 0 unspecified atom stereocenters. The van der Waals surface area contributed by atoms with Crippen molar-refractivity contribution in [2.45, 2.75) is 0 Å². The minimum atomic E-state index is -0.906. The predicted octanol–water partition coefficient (Wildman–Crippen LogP) is 6.57. The summed E-state index contributed by atoms with van der Waals surface area (Å²) < 4.78 is 1.53. The van der Waals surface area contributed by atoms with Crippen molar-refractivity contribution >= 4 is 22.7 Å². The van der Waals surface area contributed by atoms with Crippen molar-refractivity contribution in [3.8, 4) is 33.6 Å². The molecule has 40 heavy (non-hydrogen) atoms. The van der Waals surface area contributed by atoms with Gasteiger partial charge in [-0.25, -0.2) is 0 Å². The van der Waals surface area contributed by atoms with Gasteiger partial charge in [-0.2, -0.15) is 0 Å². The minimum absolute atomic E-state index is 0.493. The van der Waals surface area contributed by atoms with E-state index in [1.807, 2.05) is 103 Å². The monoisotopic (exact) mass is 534 g/mol. The molecule has 0 saturated heterocycles. The molecule has 0 spiro atoms. The lowest BCUT2D eigenvalue weighted by Crippen LogP contribution is -2.47. The Morgan fingerprint density at radius 3 is 1.27 bits per heavy atom. The Morgan fingerprint density at radius 2 is 0.900 bits per heavy atom. The van der Waals surface area contributed by atoms with Crippen LogP contribution in [-0.2, 0) is 0 Å². The summed E-state index contributed by atoms with van der Waals surface area (Å²) in [6.45, 7) is 0. The number of hydrogen-bond acceptors (Lipinski definition) is 7. The molecule has 1 N–H and O–H groups in total. The smallest absolute Gasteiger partial charge is 0.258 e. The molecule has 0 amide bonds. The molecule has 0 fully saturated rings. The number of nitro benzene ring substituents is 3. The summed E-state index contributed by atoms with van der Waals surface area (Å²) in [4.78, 5) is 32.8. The van der Waals surface area contributed by atoms with Gasteiger partial charge in [-0.3, -0.25) is 30.3 Å². The molecule has 11 heteroatoms. The standard InChI is InChI=1S/C29H20N5O6/c35-32(36)24-18-27(33(37)38)29(28(19-24)34(39)40)30-31-25(21-12-6-2-7-13-21)16-23(20-10-4-1-5-11-20)17-26(31)22-14-8-3-9-15-22/h1-19,30H/q+1. The van der Waals surface area contributed by atoms with E-state index in [0.29, 0.717) is 23.5 Å². The summed E-state index contributed by atoms with van der Waals surface area (Å²) >= 11 is 0. The summed E-state index contributed by atoms with van der Waals surface area (Å²) in [7, 11) is 0. The maximum atomic E-state index is 12.0. The van der Waals surface area contributed by atoms with E-state index in [2.05, 4.69) is 5.43 Å². The SMILES string of the molecule is O=[N+]([O-])c1cc([N+](=O)[O-])c(N[n+]2c(-c3ccccc3)cc(-c3ccccc3)cc2-c2ccccc2)c([N+](=O)[O-])c1. The van der Waals surface area contributed by atoms with Crippen molar-refractivity contribution in [2.24, 2.45) is 0 Å². The highest BCUT2D eigenvalue weighted by atomic mass is 16.6. The highest BCUT2D eigenvalue weighted by molar-refractivity contribution is 5.78. The van der Waals surface area contributed by atoms with Crippen LogP contribution < -0.4 is 10.1 Å². The molecule has 0 aliphatic rings. The highest BCUT2D eigenvalue weighted by Gasteiger charge is 2.35. The average Bonchev–Trinajstić information content (AvgIpc) is 2.98. The molecule has 196 valence electrons. The minimum Gasteiger partial charge on any atom is -0.258 e. The number of benzene rings is 4. The number of rotatable bonds is 8. The average molecular weight is 535 g/mol. The van der Waals surface area contributed by atoms with Gasteiger partial charge < -0.3 is 0 Å². The summed E-state index contributed by atoms with van der Waals surface area (Å²) in [5, 5.41) is 35.4. The molecule has 0 atom stereocenters. The van der Waals surface area contributed by atoms with Gasteiger partial charge in [0.25, 0.3) is 11.4 Å². The molecule has 0 aliphatic carbocycles. The highest BCUT2D eigenvalue weighted by Crippen LogP contribution is 2.39. The molecule has 0 saturated carbocycles. The fraction of sp³-hybridized carbons (Fsp3) is 0. The van der Waals surface area contributed by atoms with Crippen LogP contribution in [0.3, 0.4) is 0 Å². The Balaban J connectivity index is 1.86. The number of nitro groups is 3. The molecule has 1 aromatic heterocycles. The third kappa shape index (κ3) is 5.07. The van der Waals surface area contributed by atoms with E-state index >= 15 is 0 Å². The van der Waals surface area contributed by atoms with Crippen LogP contribution in [0.4, 0.5) is 22.7 Å². The van der Waals surface area contributed by atoms with Gasteiger partial charge in [0, 0.05) is 23.3 Å². The summed E-state index contributed by atoms with van der Waals surface area (Å²) in [5.74, 6) is 0. The number of non-ortho nitro benzene ring substituents is 1. The van der Waals surface area contributed by atoms with Crippen LogP contribution in [0.25, 0.3) is 33.6 Å². The van der Waals surface area contributed by atoms with Crippen LogP contribution in [0.1, 0.15) is 0 Å². The molecule has 5 aromatic rings. The molecular weight excluding hydrogens is 514 g/mol. The van der Waals surface area contributed by atoms with Gasteiger partial charge in [0.15, 0.2) is 0 Å². The maximum absolute atomic E-state index is 12.0. The fourth-order valence-electron chi connectivity index (χ4n) is 4.37. The Morgan fingerprint density at radius 1 is 0.500 bits per heavy atom. The first-order valence-electron chi connectivity index (χ1n) is 12.0. The largest absolute Gasteiger partial charge is 0.312 e. The van der Waals surface area contributed by atoms with E-state index in [4.69, 9.17) is 0 Å². The lowest BCUT2D eigenvalue weighted by atomic mass is 9.99. The molecule has 0 bridgehead atoms. The van der Waals surface area contributed by atoms with Gasteiger partial charge in [0.05, 0.1) is 26.9 Å². The molecule has 4 aromatic carbocycles. The number of aromatic nitrogens is 1. The van der Waals surface area contributed by atoms with Crippen molar-refractivity contribution in [2.75, 3.05) is 5.43 Å². The molecule has 5 rings (SSSR count). The number of pyridine rings is 1. The van der Waals surface area contributed by atoms with Gasteiger partial charge >= 0.3 is 11.4 Å². The molecule has 0 radical (unpaired) electrons. The normalized spacial score (nSPS) is 10.6. The first kappa shape index (κ1) is 25.7. The Labute approximate surface area is 227 Å². The predicted molar refractivity (Wildman–Crippen MR) is 148 cm³/mol. The van der Waals surface area contributed by atoms with Crippen LogP contribution in [0, 0.1) is 30.3 Å². The Kier molecular flexibility index (Phi) is 6.93. The molecule has 11 nitrogen and oxygen atoms in total. The van der Waals surface area contributed by atoms with E-state index in [0.717, 1.165) is 22.3 Å². The first-order chi connectivity index (χ1) is 19.3. The van der Waals surface area contributed by atoms with Gasteiger partial charge in [-0.05, 0) is 35.4 Å². The van der Waals surface area contributed by atoms with Crippen LogP contribution in [-0.4, -0.2) is 14.8 Å². The van der Waals surface area contributed by atoms with Crippen molar-refractivity contribution < 1.29 is 19.4 Å². The van der Waals surface area contributed by atoms with Gasteiger partial charge in [0.2, 0.25) is 11.4 Å². The zero-order chi connectivity index (χ0) is 28.2. The lowest BCUT2D eigenvalue weighted by Gasteiger charge is -2.13. The third-order valence-corrected chi connectivity index (χ3v) is 6.22. The van der Waals surface area contributed by atoms with Crippen molar-refractivity contribution in [3.63, 3.8) is 0 Å². The summed E-state index contributed by atoms with van der Waals surface area (Å²) in [5.41, 5.74) is 4.30. The Bertz CT molecular complexity index is 1650. The molecular formula is C29H20N5O6+. The molecule has 1 heterocycles. The van der Waals surface area contributed by atoms with Crippen LogP contribution in [0.5, 0.6) is 0 Å². The quantitative estimate of drug-likeness (QED) is 0.134.